The Labute approximate surface area is 284 Å². The van der Waals surface area contributed by atoms with Crippen LogP contribution in [0.3, 0.4) is 0 Å². The Hall–Kier alpha value is -3.62. The SMILES string of the molecule is C#CCOCCOCCOCCNc1nc(N2CCOCC2)nc(N2CCN(C(=O)C(C(C)CC)n3cc(CCCCN)nn3)CC2)n1. The minimum Gasteiger partial charge on any atom is -0.378 e. The summed E-state index contributed by atoms with van der Waals surface area (Å²) in [5.74, 6) is 4.27. The number of aromatic nitrogens is 6. The number of amides is 1. The highest BCUT2D eigenvalue weighted by Crippen LogP contribution is 2.25. The first-order valence-electron chi connectivity index (χ1n) is 17.2. The first kappa shape index (κ1) is 37.2. The average molecular weight is 672 g/mol. The number of carbonyl (C=O) groups excluding carboxylic acids is 1. The third-order valence-electron chi connectivity index (χ3n) is 8.40. The van der Waals surface area contributed by atoms with Crippen LogP contribution in [0.15, 0.2) is 6.20 Å². The van der Waals surface area contributed by atoms with Crippen LogP contribution in [0.2, 0.25) is 0 Å². The molecule has 2 saturated heterocycles. The number of ether oxygens (including phenoxy) is 4. The summed E-state index contributed by atoms with van der Waals surface area (Å²) in [5, 5.41) is 12.0. The van der Waals surface area contributed by atoms with E-state index in [-0.39, 0.29) is 18.4 Å². The molecule has 16 heteroatoms. The minimum atomic E-state index is -0.403. The molecule has 48 heavy (non-hydrogen) atoms. The highest BCUT2D eigenvalue weighted by atomic mass is 16.5. The number of morpholine rings is 1. The van der Waals surface area contributed by atoms with Gasteiger partial charge >= 0.3 is 0 Å². The Balaban J connectivity index is 1.33. The molecule has 0 aliphatic carbocycles. The summed E-state index contributed by atoms with van der Waals surface area (Å²) in [6.45, 7) is 12.9. The second kappa shape index (κ2) is 20.7. The first-order chi connectivity index (χ1) is 23.5. The van der Waals surface area contributed by atoms with Gasteiger partial charge in [-0.15, -0.1) is 11.5 Å². The van der Waals surface area contributed by atoms with Crippen LogP contribution < -0.4 is 20.9 Å². The molecule has 2 aromatic heterocycles. The fourth-order valence-corrected chi connectivity index (χ4v) is 5.45. The second-order valence-electron chi connectivity index (χ2n) is 11.8. The van der Waals surface area contributed by atoms with Gasteiger partial charge in [0, 0.05) is 52.0 Å². The number of hydrogen-bond acceptors (Lipinski definition) is 14. The summed E-state index contributed by atoms with van der Waals surface area (Å²) in [4.78, 5) is 34.4. The fraction of sp³-hybridized carbons (Fsp3) is 0.750. The van der Waals surface area contributed by atoms with E-state index in [1.165, 1.54) is 0 Å². The maximum absolute atomic E-state index is 13.9. The lowest BCUT2D eigenvalue weighted by atomic mass is 9.97. The van der Waals surface area contributed by atoms with E-state index in [1.54, 1.807) is 4.68 Å². The first-order valence-corrected chi connectivity index (χ1v) is 17.2. The predicted octanol–water partition coefficient (Wildman–Crippen LogP) is 0.612. The lowest BCUT2D eigenvalue weighted by Gasteiger charge is -2.37. The molecule has 16 nitrogen and oxygen atoms in total. The molecule has 0 bridgehead atoms. The summed E-state index contributed by atoms with van der Waals surface area (Å²) in [5.41, 5.74) is 6.54. The lowest BCUT2D eigenvalue weighted by Crippen LogP contribution is -2.52. The van der Waals surface area contributed by atoms with Crippen LogP contribution in [-0.2, 0) is 30.2 Å². The van der Waals surface area contributed by atoms with Crippen LogP contribution in [0.1, 0.15) is 44.8 Å². The Bertz CT molecular complexity index is 1260. The van der Waals surface area contributed by atoms with Crippen molar-refractivity contribution in [3.8, 4) is 12.3 Å². The molecule has 2 aromatic rings. The Kier molecular flexibility index (Phi) is 16.0. The van der Waals surface area contributed by atoms with Gasteiger partial charge in [0.25, 0.3) is 0 Å². The maximum atomic E-state index is 13.9. The lowest BCUT2D eigenvalue weighted by molar-refractivity contribution is -0.137. The van der Waals surface area contributed by atoms with E-state index >= 15 is 0 Å². The van der Waals surface area contributed by atoms with Gasteiger partial charge in [-0.2, -0.15) is 15.0 Å². The van der Waals surface area contributed by atoms with Crippen molar-refractivity contribution in [3.05, 3.63) is 11.9 Å². The van der Waals surface area contributed by atoms with Crippen LogP contribution in [0.25, 0.3) is 0 Å². The molecule has 2 fully saturated rings. The highest BCUT2D eigenvalue weighted by Gasteiger charge is 2.33. The van der Waals surface area contributed by atoms with Crippen LogP contribution in [-0.4, -0.2) is 146 Å². The van der Waals surface area contributed by atoms with Crippen molar-refractivity contribution in [2.24, 2.45) is 11.7 Å². The number of carbonyl (C=O) groups is 1. The molecule has 2 aliphatic rings. The van der Waals surface area contributed by atoms with Gasteiger partial charge in [0.15, 0.2) is 0 Å². The number of nitrogens with two attached hydrogens (primary N) is 1. The molecule has 2 unspecified atom stereocenters. The fourth-order valence-electron chi connectivity index (χ4n) is 5.45. The third kappa shape index (κ3) is 11.5. The summed E-state index contributed by atoms with van der Waals surface area (Å²) in [6, 6.07) is -0.403. The zero-order valence-corrected chi connectivity index (χ0v) is 28.6. The molecule has 266 valence electrons. The Morgan fingerprint density at radius 3 is 2.31 bits per heavy atom. The highest BCUT2D eigenvalue weighted by molar-refractivity contribution is 5.81. The molecule has 0 aromatic carbocycles. The van der Waals surface area contributed by atoms with Crippen LogP contribution >= 0.6 is 0 Å². The molecule has 0 saturated carbocycles. The minimum absolute atomic E-state index is 0.0667. The van der Waals surface area contributed by atoms with E-state index in [4.69, 9.17) is 46.1 Å². The molecule has 4 rings (SSSR count). The van der Waals surface area contributed by atoms with Crippen LogP contribution in [0.5, 0.6) is 0 Å². The molecular weight excluding hydrogens is 618 g/mol. The van der Waals surface area contributed by atoms with Gasteiger partial charge in [-0.25, -0.2) is 4.68 Å². The quantitative estimate of drug-likeness (QED) is 0.140. The van der Waals surface area contributed by atoms with Gasteiger partial charge in [-0.1, -0.05) is 31.4 Å². The van der Waals surface area contributed by atoms with Crippen LogP contribution in [0.4, 0.5) is 17.8 Å². The van der Waals surface area contributed by atoms with E-state index in [9.17, 15) is 4.79 Å². The van der Waals surface area contributed by atoms with E-state index in [1.807, 2.05) is 11.1 Å². The molecule has 0 radical (unpaired) electrons. The van der Waals surface area contributed by atoms with Crippen molar-refractivity contribution >= 4 is 23.8 Å². The Morgan fingerprint density at radius 1 is 0.979 bits per heavy atom. The molecule has 2 aliphatic heterocycles. The molecule has 3 N–H and O–H groups in total. The number of unbranched alkanes of at least 4 members (excludes halogenated alkanes) is 1. The van der Waals surface area contributed by atoms with Crippen molar-refractivity contribution in [2.75, 3.05) is 120 Å². The molecular formula is C32H53N11O5. The molecule has 2 atom stereocenters. The number of terminal acetylenes is 1. The van der Waals surface area contributed by atoms with Gasteiger partial charge in [0.1, 0.15) is 12.6 Å². The van der Waals surface area contributed by atoms with Gasteiger partial charge in [0.05, 0.1) is 51.9 Å². The Morgan fingerprint density at radius 2 is 1.65 bits per heavy atom. The van der Waals surface area contributed by atoms with Gasteiger partial charge < -0.3 is 44.7 Å². The number of nitrogens with zero attached hydrogens (tertiary/aromatic N) is 9. The van der Waals surface area contributed by atoms with Crippen molar-refractivity contribution in [1.82, 2.24) is 34.8 Å². The number of aryl methyl sites for hydroxylation is 1. The van der Waals surface area contributed by atoms with Crippen molar-refractivity contribution < 1.29 is 23.7 Å². The zero-order valence-electron chi connectivity index (χ0n) is 28.6. The van der Waals surface area contributed by atoms with Gasteiger partial charge in [-0.05, 0) is 31.7 Å². The summed E-state index contributed by atoms with van der Waals surface area (Å²) < 4.78 is 23.6. The number of anilines is 3. The van der Waals surface area contributed by atoms with Gasteiger partial charge in [-0.3, -0.25) is 4.79 Å². The van der Waals surface area contributed by atoms with Crippen molar-refractivity contribution in [1.29, 1.82) is 0 Å². The number of hydrogen-bond donors (Lipinski definition) is 2. The monoisotopic (exact) mass is 671 g/mol. The molecule has 1 amide bonds. The van der Waals surface area contributed by atoms with E-state index in [0.717, 1.165) is 31.4 Å². The summed E-state index contributed by atoms with van der Waals surface area (Å²) in [7, 11) is 0. The largest absolute Gasteiger partial charge is 0.378 e. The molecule has 0 spiro atoms. The van der Waals surface area contributed by atoms with Gasteiger partial charge in [0.2, 0.25) is 23.8 Å². The molecule has 4 heterocycles. The maximum Gasteiger partial charge on any atom is 0.247 e. The average Bonchev–Trinajstić information content (AvgIpc) is 3.59. The zero-order chi connectivity index (χ0) is 34.0. The summed E-state index contributed by atoms with van der Waals surface area (Å²) >= 11 is 0. The predicted molar refractivity (Wildman–Crippen MR) is 182 cm³/mol. The second-order valence-corrected chi connectivity index (χ2v) is 11.8. The van der Waals surface area contributed by atoms with Crippen molar-refractivity contribution in [3.63, 3.8) is 0 Å². The smallest absolute Gasteiger partial charge is 0.247 e. The number of piperazine rings is 1. The third-order valence-corrected chi connectivity index (χ3v) is 8.40. The topological polar surface area (TPSA) is 171 Å². The van der Waals surface area contributed by atoms with E-state index in [2.05, 4.69) is 45.2 Å². The standard InChI is InChI=1S/C32H53N11O5/c1-4-17-45-21-23-48-24-22-46-18-10-34-30-35-31(37-32(36-30)42-15-19-47-20-16-42)41-13-11-40(12-14-41)29(44)28(26(3)5-2)43-25-27(38-39-43)8-6-7-9-33/h1,25-26,28H,5-24,33H2,2-3H3,(H,34,35,36,37). The normalized spacial score (nSPS) is 16.5. The van der Waals surface area contributed by atoms with E-state index in [0.29, 0.717) is 116 Å². The van der Waals surface area contributed by atoms with Crippen molar-refractivity contribution in [2.45, 2.75) is 45.6 Å². The summed E-state index contributed by atoms with van der Waals surface area (Å²) in [6.07, 6.45) is 10.6. The number of nitrogens with one attached hydrogen (secondary N) is 1. The number of rotatable bonds is 21. The van der Waals surface area contributed by atoms with E-state index < -0.39 is 6.04 Å². The van der Waals surface area contributed by atoms with Crippen LogP contribution in [0, 0.1) is 18.3 Å².